The Kier molecular flexibility index (Phi) is 3.01. The number of aromatic amines is 1. The Bertz CT molecular complexity index is 713. The largest absolute Gasteiger partial charge is 0.384 e. The van der Waals surface area contributed by atoms with Crippen molar-refractivity contribution in [3.05, 3.63) is 60.2 Å². The van der Waals surface area contributed by atoms with Crippen molar-refractivity contribution in [1.82, 2.24) is 4.98 Å². The molecule has 0 unspecified atom stereocenters. The summed E-state index contributed by atoms with van der Waals surface area (Å²) < 4.78 is 0. The zero-order valence-electron chi connectivity index (χ0n) is 10.2. The van der Waals surface area contributed by atoms with Crippen LogP contribution in [-0.4, -0.2) is 10.8 Å². The summed E-state index contributed by atoms with van der Waals surface area (Å²) in [7, 11) is 0. The lowest BCUT2D eigenvalue weighted by molar-refractivity contribution is 1.23. The molecular weight excluding hydrogens is 254 g/mol. The lowest BCUT2D eigenvalue weighted by atomic mass is 10.2. The Morgan fingerprint density at radius 1 is 1.05 bits per heavy atom. The lowest BCUT2D eigenvalue weighted by Gasteiger charge is -2.05. The number of nitrogen functional groups attached to an aromatic ring is 1. The molecule has 4 N–H and O–H groups in total. The van der Waals surface area contributed by atoms with Gasteiger partial charge in [0.2, 0.25) is 0 Å². The number of para-hydroxylation sites is 1. The summed E-state index contributed by atoms with van der Waals surface area (Å²) >= 11 is 1.59. The molecule has 1 heterocycles. The van der Waals surface area contributed by atoms with Gasteiger partial charge in [0, 0.05) is 21.4 Å². The highest BCUT2D eigenvalue weighted by Crippen LogP contribution is 2.31. The number of hydrogen-bond donors (Lipinski definition) is 3. The number of hydrogen-bond acceptors (Lipinski definition) is 2. The molecule has 0 atom stereocenters. The fourth-order valence-electron chi connectivity index (χ4n) is 2.00. The van der Waals surface area contributed by atoms with E-state index in [1.165, 1.54) is 5.39 Å². The number of aromatic nitrogens is 1. The van der Waals surface area contributed by atoms with Crippen LogP contribution in [0.15, 0.2) is 64.5 Å². The van der Waals surface area contributed by atoms with Crippen molar-refractivity contribution in [1.29, 1.82) is 5.41 Å². The average molecular weight is 267 g/mol. The van der Waals surface area contributed by atoms with E-state index in [1.54, 1.807) is 11.8 Å². The van der Waals surface area contributed by atoms with E-state index in [9.17, 15) is 0 Å². The molecule has 3 rings (SSSR count). The van der Waals surface area contributed by atoms with Gasteiger partial charge in [0.15, 0.2) is 0 Å². The molecule has 0 aliphatic heterocycles. The van der Waals surface area contributed by atoms with Crippen LogP contribution in [0.3, 0.4) is 0 Å². The Labute approximate surface area is 115 Å². The molecule has 0 aliphatic carbocycles. The van der Waals surface area contributed by atoms with Crippen molar-refractivity contribution in [3.8, 4) is 0 Å². The van der Waals surface area contributed by atoms with Crippen molar-refractivity contribution in [2.75, 3.05) is 0 Å². The van der Waals surface area contributed by atoms with Crippen LogP contribution >= 0.6 is 11.8 Å². The van der Waals surface area contributed by atoms with Crippen molar-refractivity contribution in [2.24, 2.45) is 5.73 Å². The summed E-state index contributed by atoms with van der Waals surface area (Å²) in [6.45, 7) is 0. The minimum Gasteiger partial charge on any atom is -0.384 e. The van der Waals surface area contributed by atoms with Crippen molar-refractivity contribution in [2.45, 2.75) is 9.92 Å². The first kappa shape index (κ1) is 11.9. The molecule has 0 aliphatic rings. The van der Waals surface area contributed by atoms with E-state index >= 15 is 0 Å². The zero-order valence-corrected chi connectivity index (χ0v) is 11.0. The lowest BCUT2D eigenvalue weighted by Crippen LogP contribution is -2.11. The number of nitrogens with two attached hydrogens (primary N) is 1. The van der Waals surface area contributed by atoms with E-state index < -0.39 is 0 Å². The topological polar surface area (TPSA) is 65.7 Å². The molecular formula is C15H13N3S. The minimum absolute atomic E-state index is 0.0965. The zero-order chi connectivity index (χ0) is 13.2. The van der Waals surface area contributed by atoms with E-state index in [1.807, 2.05) is 36.4 Å². The van der Waals surface area contributed by atoms with Gasteiger partial charge in [0.1, 0.15) is 5.84 Å². The standard InChI is InChI=1S/C15H13N3S/c16-15(17)11-6-2-4-8-13(11)19-14-9-10-5-1-3-7-12(10)18-14/h1-9,18H,(H3,16,17). The summed E-state index contributed by atoms with van der Waals surface area (Å²) in [5.74, 6) is 0.0965. The van der Waals surface area contributed by atoms with Crippen molar-refractivity contribution < 1.29 is 0 Å². The number of fused-ring (bicyclic) bond motifs is 1. The monoisotopic (exact) mass is 267 g/mol. The molecule has 3 nitrogen and oxygen atoms in total. The number of H-pyrrole nitrogens is 1. The number of amidine groups is 1. The van der Waals surface area contributed by atoms with Crippen LogP contribution in [0.5, 0.6) is 0 Å². The maximum atomic E-state index is 7.60. The molecule has 4 heteroatoms. The first-order valence-electron chi connectivity index (χ1n) is 5.93. The first-order chi connectivity index (χ1) is 9.24. The van der Waals surface area contributed by atoms with Crippen LogP contribution in [0.25, 0.3) is 10.9 Å². The molecule has 0 radical (unpaired) electrons. The average Bonchev–Trinajstić information content (AvgIpc) is 2.81. The van der Waals surface area contributed by atoms with Gasteiger partial charge < -0.3 is 10.7 Å². The minimum atomic E-state index is 0.0965. The second-order valence-electron chi connectivity index (χ2n) is 4.23. The van der Waals surface area contributed by atoms with E-state index in [-0.39, 0.29) is 5.84 Å². The molecule has 0 saturated carbocycles. The Morgan fingerprint density at radius 2 is 1.79 bits per heavy atom. The molecule has 19 heavy (non-hydrogen) atoms. The first-order valence-corrected chi connectivity index (χ1v) is 6.75. The van der Waals surface area contributed by atoms with Crippen LogP contribution in [0.1, 0.15) is 5.56 Å². The van der Waals surface area contributed by atoms with Crippen LogP contribution in [0, 0.1) is 5.41 Å². The summed E-state index contributed by atoms with van der Waals surface area (Å²) in [5.41, 5.74) is 7.49. The normalized spacial score (nSPS) is 10.7. The van der Waals surface area contributed by atoms with Gasteiger partial charge in [-0.3, -0.25) is 5.41 Å². The van der Waals surface area contributed by atoms with E-state index in [2.05, 4.69) is 23.2 Å². The summed E-state index contributed by atoms with van der Waals surface area (Å²) in [4.78, 5) is 4.35. The van der Waals surface area contributed by atoms with E-state index in [4.69, 9.17) is 11.1 Å². The smallest absolute Gasteiger partial charge is 0.123 e. The van der Waals surface area contributed by atoms with Gasteiger partial charge in [0.05, 0.1) is 5.03 Å². The van der Waals surface area contributed by atoms with Crippen molar-refractivity contribution in [3.63, 3.8) is 0 Å². The third kappa shape index (κ3) is 2.35. The predicted octanol–water partition coefficient (Wildman–Crippen LogP) is 3.60. The molecule has 1 aromatic heterocycles. The third-order valence-corrected chi connectivity index (χ3v) is 3.92. The molecule has 0 fully saturated rings. The van der Waals surface area contributed by atoms with Gasteiger partial charge in [-0.2, -0.15) is 0 Å². The van der Waals surface area contributed by atoms with Gasteiger partial charge in [-0.15, -0.1) is 0 Å². The fraction of sp³-hybridized carbons (Fsp3) is 0. The summed E-state index contributed by atoms with van der Waals surface area (Å²) in [6.07, 6.45) is 0. The van der Waals surface area contributed by atoms with E-state index in [0.29, 0.717) is 0 Å². The summed E-state index contributed by atoms with van der Waals surface area (Å²) in [6, 6.07) is 18.0. The molecule has 2 aromatic carbocycles. The second kappa shape index (κ2) is 4.82. The number of benzene rings is 2. The third-order valence-electron chi connectivity index (χ3n) is 2.90. The molecule has 3 aromatic rings. The Hall–Kier alpha value is -2.20. The highest BCUT2D eigenvalue weighted by molar-refractivity contribution is 7.99. The van der Waals surface area contributed by atoms with Crippen LogP contribution in [0.4, 0.5) is 0 Å². The van der Waals surface area contributed by atoms with Crippen LogP contribution < -0.4 is 5.73 Å². The van der Waals surface area contributed by atoms with Gasteiger partial charge in [-0.05, 0) is 18.2 Å². The fourth-order valence-corrected chi connectivity index (χ4v) is 3.02. The molecule has 0 amide bonds. The van der Waals surface area contributed by atoms with Crippen molar-refractivity contribution >= 4 is 28.5 Å². The molecule has 0 bridgehead atoms. The second-order valence-corrected chi connectivity index (χ2v) is 5.32. The number of rotatable bonds is 3. The molecule has 0 spiro atoms. The van der Waals surface area contributed by atoms with Gasteiger partial charge in [0.25, 0.3) is 0 Å². The van der Waals surface area contributed by atoms with Gasteiger partial charge in [-0.25, -0.2) is 0 Å². The number of nitrogens with one attached hydrogen (secondary N) is 2. The SMILES string of the molecule is N=C(N)c1ccccc1Sc1cc2ccccc2[nH]1. The van der Waals surface area contributed by atoms with Gasteiger partial charge >= 0.3 is 0 Å². The maximum Gasteiger partial charge on any atom is 0.123 e. The van der Waals surface area contributed by atoms with Gasteiger partial charge in [-0.1, -0.05) is 48.2 Å². The highest BCUT2D eigenvalue weighted by Gasteiger charge is 2.08. The molecule has 94 valence electrons. The highest BCUT2D eigenvalue weighted by atomic mass is 32.2. The molecule has 0 saturated heterocycles. The quantitative estimate of drug-likeness (QED) is 0.501. The Morgan fingerprint density at radius 3 is 2.58 bits per heavy atom. The Balaban J connectivity index is 1.99. The summed E-state index contributed by atoms with van der Waals surface area (Å²) in [5, 5.41) is 9.84. The maximum absolute atomic E-state index is 7.60. The predicted molar refractivity (Wildman–Crippen MR) is 79.9 cm³/mol. The van der Waals surface area contributed by atoms with E-state index in [0.717, 1.165) is 21.0 Å². The van der Waals surface area contributed by atoms with Crippen LogP contribution in [0.2, 0.25) is 0 Å². The van der Waals surface area contributed by atoms with Crippen LogP contribution in [-0.2, 0) is 0 Å².